The van der Waals surface area contributed by atoms with Gasteiger partial charge in [0.1, 0.15) is 5.82 Å². The van der Waals surface area contributed by atoms with Gasteiger partial charge < -0.3 is 9.72 Å². The average molecular weight is 279 g/mol. The van der Waals surface area contributed by atoms with Gasteiger partial charge in [0.2, 0.25) is 0 Å². The largest absolute Gasteiger partial charge is 0.372 e. The lowest BCUT2D eigenvalue weighted by Gasteiger charge is -2.40. The van der Waals surface area contributed by atoms with E-state index in [9.17, 15) is 0 Å². The number of H-pyrrole nitrogens is 1. The van der Waals surface area contributed by atoms with Crippen LogP contribution in [0.4, 0.5) is 0 Å². The smallest absolute Gasteiger partial charge is 0.107 e. The zero-order valence-electron chi connectivity index (χ0n) is 13.1. The second kappa shape index (κ2) is 7.79. The maximum atomic E-state index is 6.25. The molecule has 0 radical (unpaired) electrons. The van der Waals surface area contributed by atoms with Crippen LogP contribution in [0.2, 0.25) is 0 Å². The Hall–Kier alpha value is -0.870. The summed E-state index contributed by atoms with van der Waals surface area (Å²) >= 11 is 0. The summed E-state index contributed by atoms with van der Waals surface area (Å²) in [7, 11) is 0. The van der Waals surface area contributed by atoms with E-state index in [1.54, 1.807) is 0 Å². The maximum absolute atomic E-state index is 6.25. The lowest BCUT2D eigenvalue weighted by Crippen LogP contribution is -2.50. The minimum absolute atomic E-state index is 0.377. The van der Waals surface area contributed by atoms with Crippen molar-refractivity contribution < 1.29 is 4.74 Å². The molecule has 114 valence electrons. The van der Waals surface area contributed by atoms with Crippen LogP contribution in [-0.4, -0.2) is 46.7 Å². The average Bonchev–Trinajstić information content (AvgIpc) is 2.96. The summed E-state index contributed by atoms with van der Waals surface area (Å²) in [6.07, 6.45) is 9.22. The van der Waals surface area contributed by atoms with Crippen molar-refractivity contribution in [3.63, 3.8) is 0 Å². The Morgan fingerprint density at radius 2 is 2.30 bits per heavy atom. The van der Waals surface area contributed by atoms with Gasteiger partial charge in [-0.25, -0.2) is 4.98 Å². The van der Waals surface area contributed by atoms with E-state index in [2.05, 4.69) is 35.6 Å². The van der Waals surface area contributed by atoms with E-state index < -0.39 is 0 Å². The van der Waals surface area contributed by atoms with Gasteiger partial charge in [0.25, 0.3) is 0 Å². The summed E-state index contributed by atoms with van der Waals surface area (Å²) in [6, 6.07) is 0. The summed E-state index contributed by atoms with van der Waals surface area (Å²) in [5.74, 6) is 1.67. The predicted octanol–water partition coefficient (Wildman–Crippen LogP) is 2.87. The second-order valence-corrected chi connectivity index (χ2v) is 6.23. The van der Waals surface area contributed by atoms with E-state index >= 15 is 0 Å². The van der Waals surface area contributed by atoms with Gasteiger partial charge in [0.15, 0.2) is 0 Å². The Morgan fingerprint density at radius 3 is 2.95 bits per heavy atom. The molecule has 2 heterocycles. The number of imidazole rings is 1. The van der Waals surface area contributed by atoms with Crippen molar-refractivity contribution >= 4 is 0 Å². The highest BCUT2D eigenvalue weighted by molar-refractivity contribution is 4.89. The van der Waals surface area contributed by atoms with Crippen LogP contribution in [0.1, 0.15) is 45.9 Å². The number of ether oxygens (including phenoxy) is 1. The molecule has 4 heteroatoms. The van der Waals surface area contributed by atoms with Crippen LogP contribution < -0.4 is 0 Å². The number of nitrogens with zero attached hydrogens (tertiary/aromatic N) is 2. The molecule has 1 N–H and O–H groups in total. The van der Waals surface area contributed by atoms with Gasteiger partial charge in [-0.1, -0.05) is 33.6 Å². The normalized spacial score (nSPS) is 24.4. The molecule has 1 aliphatic heterocycles. The van der Waals surface area contributed by atoms with Crippen LogP contribution in [-0.2, 0) is 11.2 Å². The Labute approximate surface area is 122 Å². The standard InChI is InChI=1S/C16H29N3O/c1-4-5-6-14-11-19(12-15(20-14)13(2)3)10-7-16-17-8-9-18-16/h8-9,13-15H,4-7,10-12H2,1-3H3,(H,17,18)/t14-,15-/m1/s1. The Bertz CT molecular complexity index is 364. The third-order valence-corrected chi connectivity index (χ3v) is 4.11. The molecule has 0 bridgehead atoms. The van der Waals surface area contributed by atoms with Gasteiger partial charge in [-0.15, -0.1) is 0 Å². The zero-order valence-corrected chi connectivity index (χ0v) is 13.1. The van der Waals surface area contributed by atoms with Gasteiger partial charge in [-0.3, -0.25) is 4.90 Å². The first-order valence-corrected chi connectivity index (χ1v) is 8.05. The van der Waals surface area contributed by atoms with Crippen LogP contribution in [0.3, 0.4) is 0 Å². The molecule has 2 atom stereocenters. The molecule has 0 amide bonds. The summed E-state index contributed by atoms with van der Waals surface area (Å²) < 4.78 is 6.25. The quantitative estimate of drug-likeness (QED) is 0.834. The predicted molar refractivity (Wildman–Crippen MR) is 81.8 cm³/mol. The number of hydrogen-bond donors (Lipinski definition) is 1. The molecule has 0 spiro atoms. The molecule has 0 aromatic carbocycles. The highest BCUT2D eigenvalue weighted by Crippen LogP contribution is 2.21. The topological polar surface area (TPSA) is 41.2 Å². The number of nitrogens with one attached hydrogen (secondary N) is 1. The van der Waals surface area contributed by atoms with E-state index in [1.165, 1.54) is 19.3 Å². The number of hydrogen-bond acceptors (Lipinski definition) is 3. The molecule has 1 saturated heterocycles. The number of morpholine rings is 1. The molecule has 1 fully saturated rings. The van der Waals surface area contributed by atoms with E-state index in [4.69, 9.17) is 4.74 Å². The van der Waals surface area contributed by atoms with Crippen molar-refractivity contribution in [3.05, 3.63) is 18.2 Å². The third kappa shape index (κ3) is 4.60. The first-order valence-electron chi connectivity index (χ1n) is 8.05. The Morgan fingerprint density at radius 1 is 1.45 bits per heavy atom. The Kier molecular flexibility index (Phi) is 6.05. The first kappa shape index (κ1) is 15.5. The van der Waals surface area contributed by atoms with Crippen molar-refractivity contribution in [1.29, 1.82) is 0 Å². The SMILES string of the molecule is CCCC[C@@H]1CN(CCc2ncc[nH]2)C[C@H](C(C)C)O1. The molecule has 4 nitrogen and oxygen atoms in total. The van der Waals surface area contributed by atoms with Crippen LogP contribution in [0.25, 0.3) is 0 Å². The third-order valence-electron chi connectivity index (χ3n) is 4.11. The minimum atomic E-state index is 0.377. The van der Waals surface area contributed by atoms with Crippen LogP contribution in [0.15, 0.2) is 12.4 Å². The summed E-state index contributed by atoms with van der Waals surface area (Å²) in [5, 5.41) is 0. The summed E-state index contributed by atoms with van der Waals surface area (Å²) in [5.41, 5.74) is 0. The first-order chi connectivity index (χ1) is 9.69. The monoisotopic (exact) mass is 279 g/mol. The van der Waals surface area contributed by atoms with Gasteiger partial charge in [-0.2, -0.15) is 0 Å². The van der Waals surface area contributed by atoms with Crippen molar-refractivity contribution in [2.45, 2.75) is 58.7 Å². The zero-order chi connectivity index (χ0) is 14.4. The molecule has 1 aromatic rings. The molecule has 0 aliphatic carbocycles. The highest BCUT2D eigenvalue weighted by atomic mass is 16.5. The fraction of sp³-hybridized carbons (Fsp3) is 0.812. The van der Waals surface area contributed by atoms with Gasteiger partial charge >= 0.3 is 0 Å². The van der Waals surface area contributed by atoms with Crippen LogP contribution >= 0.6 is 0 Å². The fourth-order valence-corrected chi connectivity index (χ4v) is 2.79. The lowest BCUT2D eigenvalue weighted by molar-refractivity contribution is -0.106. The second-order valence-electron chi connectivity index (χ2n) is 6.23. The van der Waals surface area contributed by atoms with Gasteiger partial charge in [0.05, 0.1) is 12.2 Å². The fourth-order valence-electron chi connectivity index (χ4n) is 2.79. The van der Waals surface area contributed by atoms with Crippen molar-refractivity contribution in [2.24, 2.45) is 5.92 Å². The maximum Gasteiger partial charge on any atom is 0.107 e. The van der Waals surface area contributed by atoms with E-state index in [-0.39, 0.29) is 0 Å². The minimum Gasteiger partial charge on any atom is -0.372 e. The van der Waals surface area contributed by atoms with Crippen molar-refractivity contribution in [2.75, 3.05) is 19.6 Å². The van der Waals surface area contributed by atoms with E-state index in [0.29, 0.717) is 18.1 Å². The summed E-state index contributed by atoms with van der Waals surface area (Å²) in [4.78, 5) is 10.0. The summed E-state index contributed by atoms with van der Waals surface area (Å²) in [6.45, 7) is 9.97. The molecule has 2 rings (SSSR count). The van der Waals surface area contributed by atoms with Crippen LogP contribution in [0, 0.1) is 5.92 Å². The van der Waals surface area contributed by atoms with Gasteiger partial charge in [-0.05, 0) is 12.3 Å². The van der Waals surface area contributed by atoms with Crippen molar-refractivity contribution in [3.8, 4) is 0 Å². The van der Waals surface area contributed by atoms with Crippen molar-refractivity contribution in [1.82, 2.24) is 14.9 Å². The molecule has 20 heavy (non-hydrogen) atoms. The van der Waals surface area contributed by atoms with E-state index in [1.807, 2.05) is 12.4 Å². The molecule has 0 unspecified atom stereocenters. The van der Waals surface area contributed by atoms with E-state index in [0.717, 1.165) is 31.9 Å². The number of aromatic nitrogens is 2. The lowest BCUT2D eigenvalue weighted by atomic mass is 10.0. The van der Waals surface area contributed by atoms with Gasteiger partial charge in [0, 0.05) is 38.4 Å². The molecular formula is C16H29N3O. The molecule has 1 aliphatic rings. The number of rotatable bonds is 7. The molecular weight excluding hydrogens is 250 g/mol. The highest BCUT2D eigenvalue weighted by Gasteiger charge is 2.29. The Balaban J connectivity index is 1.85. The molecule has 0 saturated carbocycles. The number of unbranched alkanes of at least 4 members (excludes halogenated alkanes) is 1. The number of aromatic amines is 1. The molecule has 1 aromatic heterocycles. The van der Waals surface area contributed by atoms with Crippen LogP contribution in [0.5, 0.6) is 0 Å².